The molecule has 1 unspecified atom stereocenters. The van der Waals surface area contributed by atoms with Crippen molar-refractivity contribution in [3.05, 3.63) is 77.7 Å². The van der Waals surface area contributed by atoms with Gasteiger partial charge in [0.1, 0.15) is 36.6 Å². The third-order valence-corrected chi connectivity index (χ3v) is 3.83. The monoisotopic (exact) mass is 326 g/mol. The molecule has 3 rings (SSSR count). The first kappa shape index (κ1) is 16.6. The molecule has 124 valence electrons. The van der Waals surface area contributed by atoms with Crippen LogP contribution in [0, 0.1) is 0 Å². The molecule has 0 bridgehead atoms. The average molecular weight is 326 g/mol. The van der Waals surface area contributed by atoms with Gasteiger partial charge in [-0.15, -0.1) is 0 Å². The molecule has 0 aliphatic carbocycles. The van der Waals surface area contributed by atoms with Crippen LogP contribution in [0.25, 0.3) is 0 Å². The van der Waals surface area contributed by atoms with Gasteiger partial charge in [-0.25, -0.2) is 0 Å². The minimum absolute atomic E-state index is 0.163. The highest BCUT2D eigenvalue weighted by Crippen LogP contribution is 2.31. The molecule has 2 N–H and O–H groups in total. The van der Waals surface area contributed by atoms with E-state index in [1.807, 2.05) is 36.4 Å². The summed E-state index contributed by atoms with van der Waals surface area (Å²) in [6.45, 7) is 4.08. The minimum Gasteiger partial charge on any atom is -0.489 e. The van der Waals surface area contributed by atoms with Crippen molar-refractivity contribution in [2.45, 2.75) is 19.1 Å². The fourth-order valence-electron chi connectivity index (χ4n) is 2.54. The van der Waals surface area contributed by atoms with Gasteiger partial charge in [0.2, 0.25) is 0 Å². The molecule has 0 radical (unpaired) electrons. The molecule has 2 heterocycles. The van der Waals surface area contributed by atoms with Crippen LogP contribution in [0.15, 0.2) is 70.6 Å². The number of aliphatic hydroxyl groups excluding tert-OH is 1. The van der Waals surface area contributed by atoms with Gasteiger partial charge in [-0.3, -0.25) is 0 Å². The normalized spacial score (nSPS) is 17.5. The Morgan fingerprint density at radius 3 is 2.71 bits per heavy atom. The number of hydrogen-bond donors (Lipinski definition) is 2. The zero-order valence-electron chi connectivity index (χ0n) is 13.2. The summed E-state index contributed by atoms with van der Waals surface area (Å²) < 4.78 is 16.7. The van der Waals surface area contributed by atoms with E-state index in [0.29, 0.717) is 29.0 Å². The maximum atomic E-state index is 10.2. The number of furan rings is 1. The van der Waals surface area contributed by atoms with Crippen LogP contribution in [0.4, 0.5) is 0 Å². The molecule has 1 aliphatic rings. The van der Waals surface area contributed by atoms with E-state index in [4.69, 9.17) is 18.9 Å². The van der Waals surface area contributed by atoms with Crippen LogP contribution in [-0.2, 0) is 11.3 Å². The topological polar surface area (TPSA) is 72.1 Å². The first-order chi connectivity index (χ1) is 11.7. The molecule has 1 aliphatic heterocycles. The molecule has 0 spiro atoms. The number of para-hydroxylation sites is 1. The first-order valence-electron chi connectivity index (χ1n) is 7.76. The first-order valence-corrected chi connectivity index (χ1v) is 7.76. The standard InChI is InChI=1S/C18H19BO5/c1-13(12-22-14-5-3-2-4-6-14)16-8-10-18(24-19(16)21)17-9-7-15(11-20)23-17/h2-9,18,20-21H,1,10-12H2. The summed E-state index contributed by atoms with van der Waals surface area (Å²) in [6, 6.07) is 12.9. The molecule has 24 heavy (non-hydrogen) atoms. The molecular weight excluding hydrogens is 307 g/mol. The fourth-order valence-corrected chi connectivity index (χ4v) is 2.54. The van der Waals surface area contributed by atoms with Gasteiger partial charge in [0, 0.05) is 0 Å². The van der Waals surface area contributed by atoms with Crippen molar-refractivity contribution in [3.63, 3.8) is 0 Å². The van der Waals surface area contributed by atoms with Gasteiger partial charge in [0.25, 0.3) is 0 Å². The van der Waals surface area contributed by atoms with E-state index in [1.165, 1.54) is 0 Å². The Morgan fingerprint density at radius 1 is 1.25 bits per heavy atom. The van der Waals surface area contributed by atoms with E-state index in [9.17, 15) is 5.02 Å². The number of ether oxygens (including phenoxy) is 1. The lowest BCUT2D eigenvalue weighted by atomic mass is 9.71. The van der Waals surface area contributed by atoms with Crippen molar-refractivity contribution in [3.8, 4) is 5.75 Å². The Labute approximate surface area is 141 Å². The lowest BCUT2D eigenvalue weighted by molar-refractivity contribution is 0.138. The zero-order chi connectivity index (χ0) is 16.9. The van der Waals surface area contributed by atoms with Crippen molar-refractivity contribution in [2.75, 3.05) is 6.61 Å². The van der Waals surface area contributed by atoms with Gasteiger partial charge < -0.3 is 23.9 Å². The van der Waals surface area contributed by atoms with E-state index in [1.54, 1.807) is 12.1 Å². The van der Waals surface area contributed by atoms with Crippen molar-refractivity contribution < 1.29 is 23.9 Å². The molecule has 1 aromatic heterocycles. The van der Waals surface area contributed by atoms with Gasteiger partial charge in [-0.1, -0.05) is 30.9 Å². The van der Waals surface area contributed by atoms with Gasteiger partial charge in [0.05, 0.1) is 0 Å². The van der Waals surface area contributed by atoms with Crippen LogP contribution in [0.3, 0.4) is 0 Å². The van der Waals surface area contributed by atoms with E-state index < -0.39 is 7.12 Å². The Kier molecular flexibility index (Phi) is 5.20. The molecule has 1 aromatic carbocycles. The largest absolute Gasteiger partial charge is 0.491 e. The van der Waals surface area contributed by atoms with E-state index in [2.05, 4.69) is 6.58 Å². The second-order valence-electron chi connectivity index (χ2n) is 5.54. The smallest absolute Gasteiger partial charge is 0.489 e. The molecule has 2 aromatic rings. The van der Waals surface area contributed by atoms with E-state index in [-0.39, 0.29) is 19.3 Å². The maximum Gasteiger partial charge on any atom is 0.491 e. The highest BCUT2D eigenvalue weighted by Gasteiger charge is 2.32. The minimum atomic E-state index is -1.08. The third kappa shape index (κ3) is 3.79. The van der Waals surface area contributed by atoms with Crippen LogP contribution in [0.2, 0.25) is 0 Å². The summed E-state index contributed by atoms with van der Waals surface area (Å²) >= 11 is 0. The SMILES string of the molecule is C=C(COc1ccccc1)C1=CCC(c2ccc(CO)o2)OB1O. The number of benzene rings is 1. The predicted molar refractivity (Wildman–Crippen MR) is 90.2 cm³/mol. The Hall–Kier alpha value is -2.28. The highest BCUT2D eigenvalue weighted by atomic mass is 16.5. The fraction of sp³-hybridized carbons (Fsp3) is 0.222. The lowest BCUT2D eigenvalue weighted by Gasteiger charge is -2.25. The Bertz CT molecular complexity index is 722. The van der Waals surface area contributed by atoms with Crippen LogP contribution >= 0.6 is 0 Å². The summed E-state index contributed by atoms with van der Waals surface area (Å²) in [7, 11) is -1.08. The molecule has 0 amide bonds. The number of hydrogen-bond acceptors (Lipinski definition) is 5. The highest BCUT2D eigenvalue weighted by molar-refractivity contribution is 6.54. The van der Waals surface area contributed by atoms with Gasteiger partial charge in [-0.05, 0) is 41.7 Å². The Balaban J connectivity index is 1.61. The third-order valence-electron chi connectivity index (χ3n) is 3.83. The number of aliphatic hydroxyl groups is 1. The van der Waals surface area contributed by atoms with E-state index in [0.717, 1.165) is 5.75 Å². The van der Waals surface area contributed by atoms with Gasteiger partial charge in [0.15, 0.2) is 0 Å². The summed E-state index contributed by atoms with van der Waals surface area (Å²) in [6.07, 6.45) is 2.05. The average Bonchev–Trinajstić information content (AvgIpc) is 3.09. The maximum absolute atomic E-state index is 10.2. The summed E-state index contributed by atoms with van der Waals surface area (Å²) in [5, 5.41) is 19.3. The van der Waals surface area contributed by atoms with Crippen molar-refractivity contribution in [1.29, 1.82) is 0 Å². The molecule has 6 heteroatoms. The van der Waals surface area contributed by atoms with Crippen LogP contribution in [-0.4, -0.2) is 23.9 Å². The van der Waals surface area contributed by atoms with Crippen LogP contribution in [0.1, 0.15) is 24.0 Å². The quantitative estimate of drug-likeness (QED) is 0.799. The van der Waals surface area contributed by atoms with E-state index >= 15 is 0 Å². The second-order valence-corrected chi connectivity index (χ2v) is 5.54. The summed E-state index contributed by atoms with van der Waals surface area (Å²) in [4.78, 5) is 0. The van der Waals surface area contributed by atoms with Crippen molar-refractivity contribution >= 4 is 7.12 Å². The number of rotatable bonds is 6. The summed E-state index contributed by atoms with van der Waals surface area (Å²) in [5.74, 6) is 1.80. The molecule has 5 nitrogen and oxygen atoms in total. The van der Waals surface area contributed by atoms with Crippen molar-refractivity contribution in [1.82, 2.24) is 0 Å². The molecule has 1 atom stereocenters. The Morgan fingerprint density at radius 2 is 2.04 bits per heavy atom. The predicted octanol–water partition coefficient (Wildman–Crippen LogP) is 2.81. The van der Waals surface area contributed by atoms with Crippen LogP contribution < -0.4 is 4.74 Å². The molecule has 0 fully saturated rings. The zero-order valence-corrected chi connectivity index (χ0v) is 13.2. The molecule has 0 saturated heterocycles. The van der Waals surface area contributed by atoms with Crippen molar-refractivity contribution in [2.24, 2.45) is 0 Å². The second kappa shape index (κ2) is 7.53. The van der Waals surface area contributed by atoms with Gasteiger partial charge in [-0.2, -0.15) is 0 Å². The van der Waals surface area contributed by atoms with Crippen LogP contribution in [0.5, 0.6) is 5.75 Å². The summed E-state index contributed by atoms with van der Waals surface area (Å²) in [5.41, 5.74) is 1.29. The lowest BCUT2D eigenvalue weighted by Crippen LogP contribution is -2.29. The van der Waals surface area contributed by atoms with Gasteiger partial charge >= 0.3 is 7.12 Å². The molecule has 0 saturated carbocycles. The molecular formula is C18H19BO5.